The second-order valence-electron chi connectivity index (χ2n) is 5.67. The van der Waals surface area contributed by atoms with Gasteiger partial charge in [0.2, 0.25) is 5.91 Å². The van der Waals surface area contributed by atoms with E-state index in [1.54, 1.807) is 6.26 Å². The second-order valence-corrected chi connectivity index (χ2v) is 5.67. The van der Waals surface area contributed by atoms with Crippen molar-refractivity contribution in [2.45, 2.75) is 19.0 Å². The third-order valence-electron chi connectivity index (χ3n) is 4.19. The smallest absolute Gasteiger partial charge is 0.221 e. The Morgan fingerprint density at radius 2 is 2.14 bits per heavy atom. The topological polar surface area (TPSA) is 58.0 Å². The lowest BCUT2D eigenvalue weighted by Crippen LogP contribution is -2.61. The number of carbonyl (C=O) groups excluding carboxylic acids is 1. The molecule has 0 unspecified atom stereocenters. The van der Waals surface area contributed by atoms with Crippen LogP contribution in [0.3, 0.4) is 0 Å². The van der Waals surface area contributed by atoms with Gasteiger partial charge in [0.1, 0.15) is 5.76 Å². The van der Waals surface area contributed by atoms with Crippen molar-refractivity contribution >= 4 is 5.91 Å². The number of hydrogen-bond donors (Lipinski definition) is 1. The van der Waals surface area contributed by atoms with Crippen LogP contribution in [-0.2, 0) is 16.1 Å². The number of hydrogen-bond acceptors (Lipinski definition) is 5. The molecule has 3 heterocycles. The first kappa shape index (κ1) is 14.6. The predicted molar refractivity (Wildman–Crippen MR) is 77.8 cm³/mol. The Labute approximate surface area is 125 Å². The van der Waals surface area contributed by atoms with Crippen molar-refractivity contribution < 1.29 is 13.9 Å². The second kappa shape index (κ2) is 7.06. The number of nitrogens with one attached hydrogen (secondary N) is 1. The summed E-state index contributed by atoms with van der Waals surface area (Å²) in [6.07, 6.45) is 2.17. The first-order chi connectivity index (χ1) is 10.3. The quantitative estimate of drug-likeness (QED) is 0.817. The number of nitrogens with zero attached hydrogens (tertiary/aromatic N) is 2. The SMILES string of the molecule is O=C(CCN1CC(N2CCOCC2)C1)NCc1ccco1. The highest BCUT2D eigenvalue weighted by atomic mass is 16.5. The average molecular weight is 293 g/mol. The van der Waals surface area contributed by atoms with Crippen LogP contribution in [0.5, 0.6) is 0 Å². The molecule has 1 aromatic rings. The number of carbonyl (C=O) groups is 1. The Balaban J connectivity index is 1.27. The molecule has 2 saturated heterocycles. The van der Waals surface area contributed by atoms with Crippen LogP contribution in [0, 0.1) is 0 Å². The van der Waals surface area contributed by atoms with Gasteiger partial charge >= 0.3 is 0 Å². The Hall–Kier alpha value is -1.37. The van der Waals surface area contributed by atoms with E-state index in [1.165, 1.54) is 0 Å². The van der Waals surface area contributed by atoms with E-state index in [2.05, 4.69) is 15.1 Å². The minimum absolute atomic E-state index is 0.0845. The number of morpholine rings is 1. The van der Waals surface area contributed by atoms with Gasteiger partial charge in [-0.15, -0.1) is 0 Å². The highest BCUT2D eigenvalue weighted by molar-refractivity contribution is 5.75. The Morgan fingerprint density at radius 1 is 1.33 bits per heavy atom. The van der Waals surface area contributed by atoms with Gasteiger partial charge in [-0.25, -0.2) is 0 Å². The molecule has 6 heteroatoms. The molecule has 0 aromatic carbocycles. The van der Waals surface area contributed by atoms with Crippen LogP contribution in [0.1, 0.15) is 12.2 Å². The molecule has 1 aromatic heterocycles. The largest absolute Gasteiger partial charge is 0.467 e. The van der Waals surface area contributed by atoms with E-state index in [1.807, 2.05) is 12.1 Å². The van der Waals surface area contributed by atoms with Crippen molar-refractivity contribution in [2.75, 3.05) is 45.9 Å². The van der Waals surface area contributed by atoms with Crippen LogP contribution in [0.4, 0.5) is 0 Å². The number of furan rings is 1. The lowest BCUT2D eigenvalue weighted by Gasteiger charge is -2.46. The first-order valence-electron chi connectivity index (χ1n) is 7.64. The molecule has 1 N–H and O–H groups in total. The highest BCUT2D eigenvalue weighted by Crippen LogP contribution is 2.16. The van der Waals surface area contributed by atoms with Crippen molar-refractivity contribution in [2.24, 2.45) is 0 Å². The van der Waals surface area contributed by atoms with Gasteiger partial charge in [0.15, 0.2) is 0 Å². The number of likely N-dealkylation sites (tertiary alicyclic amines) is 1. The lowest BCUT2D eigenvalue weighted by molar-refractivity contribution is -0.122. The zero-order valence-electron chi connectivity index (χ0n) is 12.3. The van der Waals surface area contributed by atoms with E-state index in [4.69, 9.17) is 9.15 Å². The third-order valence-corrected chi connectivity index (χ3v) is 4.19. The van der Waals surface area contributed by atoms with Gasteiger partial charge in [-0.2, -0.15) is 0 Å². The molecule has 6 nitrogen and oxygen atoms in total. The highest BCUT2D eigenvalue weighted by Gasteiger charge is 2.32. The van der Waals surface area contributed by atoms with Crippen LogP contribution in [-0.4, -0.2) is 67.7 Å². The zero-order chi connectivity index (χ0) is 14.5. The molecule has 3 rings (SSSR count). The Bertz CT molecular complexity index is 437. The van der Waals surface area contributed by atoms with E-state index >= 15 is 0 Å². The fourth-order valence-electron chi connectivity index (χ4n) is 2.85. The summed E-state index contributed by atoms with van der Waals surface area (Å²) in [6, 6.07) is 4.34. The van der Waals surface area contributed by atoms with Gasteiger partial charge in [0, 0.05) is 45.2 Å². The summed E-state index contributed by atoms with van der Waals surface area (Å²) >= 11 is 0. The minimum Gasteiger partial charge on any atom is -0.467 e. The van der Waals surface area contributed by atoms with Crippen LogP contribution in [0.15, 0.2) is 22.8 Å². The Kier molecular flexibility index (Phi) is 4.90. The lowest BCUT2D eigenvalue weighted by atomic mass is 10.1. The van der Waals surface area contributed by atoms with Gasteiger partial charge in [-0.05, 0) is 12.1 Å². The normalized spacial score (nSPS) is 21.1. The van der Waals surface area contributed by atoms with Crippen molar-refractivity contribution in [1.29, 1.82) is 0 Å². The van der Waals surface area contributed by atoms with Crippen LogP contribution in [0.2, 0.25) is 0 Å². The number of ether oxygens (including phenoxy) is 1. The van der Waals surface area contributed by atoms with Crippen molar-refractivity contribution in [3.05, 3.63) is 24.2 Å². The standard InChI is InChI=1S/C15H23N3O3/c19-15(16-10-14-2-1-7-21-14)3-4-17-11-13(12-17)18-5-8-20-9-6-18/h1-2,7,13H,3-6,8-12H2,(H,16,19). The fourth-order valence-corrected chi connectivity index (χ4v) is 2.85. The summed E-state index contributed by atoms with van der Waals surface area (Å²) in [6.45, 7) is 7.26. The molecule has 0 spiro atoms. The van der Waals surface area contributed by atoms with Gasteiger partial charge in [-0.3, -0.25) is 14.6 Å². The van der Waals surface area contributed by atoms with Gasteiger partial charge < -0.3 is 14.5 Å². The maximum atomic E-state index is 11.8. The summed E-state index contributed by atoms with van der Waals surface area (Å²) < 4.78 is 10.5. The molecular formula is C15H23N3O3. The summed E-state index contributed by atoms with van der Waals surface area (Å²) in [4.78, 5) is 16.6. The number of amides is 1. The van der Waals surface area contributed by atoms with E-state index in [-0.39, 0.29) is 5.91 Å². The van der Waals surface area contributed by atoms with Crippen LogP contribution < -0.4 is 5.32 Å². The maximum absolute atomic E-state index is 11.8. The summed E-state index contributed by atoms with van der Waals surface area (Å²) in [5.74, 6) is 0.876. The number of rotatable bonds is 6. The van der Waals surface area contributed by atoms with Crippen molar-refractivity contribution in [3.8, 4) is 0 Å². The molecule has 116 valence electrons. The summed E-state index contributed by atoms with van der Waals surface area (Å²) in [5, 5.41) is 2.88. The van der Waals surface area contributed by atoms with E-state index < -0.39 is 0 Å². The van der Waals surface area contributed by atoms with E-state index in [0.29, 0.717) is 19.0 Å². The van der Waals surface area contributed by atoms with Gasteiger partial charge in [-0.1, -0.05) is 0 Å². The maximum Gasteiger partial charge on any atom is 0.221 e. The molecule has 0 saturated carbocycles. The molecule has 0 radical (unpaired) electrons. The van der Waals surface area contributed by atoms with Gasteiger partial charge in [0.05, 0.1) is 26.0 Å². The predicted octanol–water partition coefficient (Wildman–Crippen LogP) is 0.302. The molecule has 0 aliphatic carbocycles. The molecule has 2 aliphatic rings. The van der Waals surface area contributed by atoms with E-state index in [9.17, 15) is 4.79 Å². The summed E-state index contributed by atoms with van der Waals surface area (Å²) in [7, 11) is 0. The molecular weight excluding hydrogens is 270 g/mol. The molecule has 2 fully saturated rings. The monoisotopic (exact) mass is 293 g/mol. The zero-order valence-corrected chi connectivity index (χ0v) is 12.3. The van der Waals surface area contributed by atoms with Crippen LogP contribution >= 0.6 is 0 Å². The fraction of sp³-hybridized carbons (Fsp3) is 0.667. The van der Waals surface area contributed by atoms with Gasteiger partial charge in [0.25, 0.3) is 0 Å². The molecule has 2 aliphatic heterocycles. The summed E-state index contributed by atoms with van der Waals surface area (Å²) in [5.41, 5.74) is 0. The molecule has 1 amide bonds. The Morgan fingerprint density at radius 3 is 2.86 bits per heavy atom. The van der Waals surface area contributed by atoms with Crippen molar-refractivity contribution in [3.63, 3.8) is 0 Å². The minimum atomic E-state index is 0.0845. The van der Waals surface area contributed by atoms with Crippen molar-refractivity contribution in [1.82, 2.24) is 15.1 Å². The molecule has 0 atom stereocenters. The van der Waals surface area contributed by atoms with E-state index in [0.717, 1.165) is 51.7 Å². The first-order valence-corrected chi connectivity index (χ1v) is 7.64. The molecule has 21 heavy (non-hydrogen) atoms. The van der Waals surface area contributed by atoms with Crippen LogP contribution in [0.25, 0.3) is 0 Å². The third kappa shape index (κ3) is 4.06. The molecule has 0 bridgehead atoms. The average Bonchev–Trinajstić information content (AvgIpc) is 2.98.